The van der Waals surface area contributed by atoms with Gasteiger partial charge >= 0.3 is 5.97 Å². The van der Waals surface area contributed by atoms with Crippen molar-refractivity contribution in [2.75, 3.05) is 42.5 Å². The molecule has 1 aliphatic carbocycles. The third-order valence-corrected chi connectivity index (χ3v) is 12.6. The maximum Gasteiger partial charge on any atom is 0.316 e. The maximum absolute atomic E-state index is 13.5. The van der Waals surface area contributed by atoms with Crippen molar-refractivity contribution in [1.82, 2.24) is 0 Å². The Balaban J connectivity index is 1.48. The number of aliphatic hydroxyl groups excluding tert-OH is 2. The second kappa shape index (κ2) is 13.7. The van der Waals surface area contributed by atoms with Crippen LogP contribution >= 0.6 is 0 Å². The van der Waals surface area contributed by atoms with Crippen molar-refractivity contribution in [3.8, 4) is 28.7 Å². The van der Waals surface area contributed by atoms with Crippen LogP contribution in [0, 0.1) is 0 Å². The Bertz CT molecular complexity index is 2070. The smallest absolute Gasteiger partial charge is 0.316 e. The molecule has 3 aromatic rings. The minimum atomic E-state index is -1.87. The number of methoxy groups -OCH3 is 4. The van der Waals surface area contributed by atoms with E-state index in [0.717, 1.165) is 7.11 Å². The number of rotatable bonds is 7. The quantitative estimate of drug-likeness (QED) is 0.0933. The molecule has 0 saturated carbocycles. The lowest BCUT2D eigenvalue weighted by Crippen LogP contribution is -3.14. The minimum Gasteiger partial charge on any atom is -0.507 e. The number of likely N-dealkylation sites (N-methyl/N-ethyl adjacent to an activating group) is 1. The van der Waals surface area contributed by atoms with E-state index in [2.05, 4.69) is 0 Å². The van der Waals surface area contributed by atoms with E-state index in [0.29, 0.717) is 4.90 Å². The summed E-state index contributed by atoms with van der Waals surface area (Å²) < 4.78 is 47.6. The first-order valence-corrected chi connectivity index (χ1v) is 18.4. The van der Waals surface area contributed by atoms with E-state index < -0.39 is 107 Å². The average molecular weight is 791 g/mol. The van der Waals surface area contributed by atoms with Gasteiger partial charge in [-0.1, -0.05) is 0 Å². The first-order chi connectivity index (χ1) is 26.2. The van der Waals surface area contributed by atoms with Crippen LogP contribution in [0.3, 0.4) is 0 Å². The molecule has 3 aliphatic heterocycles. The van der Waals surface area contributed by atoms with E-state index in [4.69, 9.17) is 37.9 Å². The highest BCUT2D eigenvalue weighted by Crippen LogP contribution is 2.60. The number of hydrogen-bond acceptors (Lipinski definition) is 16. The summed E-state index contributed by atoms with van der Waals surface area (Å²) in [4.78, 5) is 14.2. The van der Waals surface area contributed by atoms with Crippen LogP contribution in [-0.4, -0.2) is 145 Å². The van der Waals surface area contributed by atoms with Crippen LogP contribution in [0.4, 0.5) is 0 Å². The standard InChI is InChI=1S/C39H51NO16/c1-14-32(49-7)39(4,52-10)33(50-8)36(53-14)54-19-13-37(2,48)24(34(47)51-9)15-11-16-21(27(43)20(15)19)28(44)22-18(41)12-17-30(23(22)26(16)42)55-35-29(45)25(40(5)6)31(46)38(17,3)56-35/h11-12,14,19,24-25,29,31-33,35-36,41-46,48H,13H2,1-10H3/p+1/t14-,19-,24-,25-,29-,31+,32-,33-,35+,36-,37-,38+,39-/m1/s1. The van der Waals surface area contributed by atoms with Gasteiger partial charge in [-0.25, -0.2) is 0 Å². The van der Waals surface area contributed by atoms with Crippen molar-refractivity contribution in [3.05, 3.63) is 28.8 Å². The predicted octanol–water partition coefficient (Wildman–Crippen LogP) is 0.663. The third kappa shape index (κ3) is 5.47. The molecule has 2 saturated heterocycles. The molecule has 8 N–H and O–H groups in total. The Kier molecular flexibility index (Phi) is 9.88. The molecule has 4 aliphatic rings. The molecule has 56 heavy (non-hydrogen) atoms. The molecular weight excluding hydrogens is 738 g/mol. The van der Waals surface area contributed by atoms with Gasteiger partial charge in [-0.15, -0.1) is 0 Å². The number of carbonyl (C=O) groups is 1. The van der Waals surface area contributed by atoms with Gasteiger partial charge in [0.1, 0.15) is 70.2 Å². The molecule has 0 aromatic heterocycles. The average Bonchev–Trinajstić information content (AvgIpc) is 3.12. The third-order valence-electron chi connectivity index (χ3n) is 12.6. The highest BCUT2D eigenvalue weighted by molar-refractivity contribution is 6.17. The van der Waals surface area contributed by atoms with Crippen molar-refractivity contribution in [1.29, 1.82) is 0 Å². The number of aromatic hydroxyl groups is 4. The summed E-state index contributed by atoms with van der Waals surface area (Å²) in [6, 6.07) is 1.80. The number of fused-ring (bicyclic) bond motifs is 8. The van der Waals surface area contributed by atoms with Crippen LogP contribution < -0.4 is 9.64 Å². The van der Waals surface area contributed by atoms with Gasteiger partial charge in [0.05, 0.1) is 55.2 Å². The summed E-state index contributed by atoms with van der Waals surface area (Å²) in [6.45, 7) is 6.52. The van der Waals surface area contributed by atoms with Crippen molar-refractivity contribution in [3.63, 3.8) is 0 Å². The maximum atomic E-state index is 13.5. The molecule has 0 radical (unpaired) electrons. The van der Waals surface area contributed by atoms with E-state index in [-0.39, 0.29) is 50.4 Å². The second-order valence-corrected chi connectivity index (χ2v) is 16.2. The number of benzene rings is 3. The normalized spacial score (nSPS) is 38.0. The predicted molar refractivity (Wildman–Crippen MR) is 195 cm³/mol. The lowest BCUT2D eigenvalue weighted by atomic mass is 9.70. The zero-order chi connectivity index (χ0) is 41.1. The van der Waals surface area contributed by atoms with E-state index in [1.165, 1.54) is 40.4 Å². The highest BCUT2D eigenvalue weighted by atomic mass is 16.7. The molecule has 17 heteroatoms. The Morgan fingerprint density at radius 2 is 1.57 bits per heavy atom. The SMILES string of the molecule is COC(=O)[C@H]1c2cc3c(O)c4c5c(cc(O)c4c(O)c3c(O)c2[C@H](O[C@H]2O[C@H](C)[C@@H](OC)[C@@](C)(OC)[C@@H]2OC)C[C@@]1(C)O)[C@]1(C)O[C@H](O5)[C@H](O)[C@@H]([NH+](C)C)[C@@H]1O. The summed E-state index contributed by atoms with van der Waals surface area (Å²) in [6.07, 6.45) is -8.77. The number of aliphatic hydroxyl groups is 3. The fourth-order valence-electron chi connectivity index (χ4n) is 9.81. The van der Waals surface area contributed by atoms with E-state index in [1.807, 2.05) is 0 Å². The summed E-state index contributed by atoms with van der Waals surface area (Å²) in [5.74, 6) is -4.84. The Morgan fingerprint density at radius 3 is 2.16 bits per heavy atom. The van der Waals surface area contributed by atoms with Crippen molar-refractivity contribution in [2.45, 2.75) is 112 Å². The fraction of sp³-hybridized carbons (Fsp3) is 0.615. The van der Waals surface area contributed by atoms with E-state index >= 15 is 0 Å². The Labute approximate surface area is 322 Å². The first-order valence-electron chi connectivity index (χ1n) is 18.4. The Morgan fingerprint density at radius 1 is 0.911 bits per heavy atom. The second-order valence-electron chi connectivity index (χ2n) is 16.2. The van der Waals surface area contributed by atoms with Crippen LogP contribution in [0.15, 0.2) is 12.1 Å². The molecule has 0 spiro atoms. The van der Waals surface area contributed by atoms with Crippen LogP contribution in [0.5, 0.6) is 28.7 Å². The zero-order valence-corrected chi connectivity index (χ0v) is 32.9. The monoisotopic (exact) mass is 790 g/mol. The van der Waals surface area contributed by atoms with Gasteiger partial charge in [0.2, 0.25) is 6.29 Å². The summed E-state index contributed by atoms with van der Waals surface area (Å²) in [5, 5.41) is 81.7. The topological polar surface area (TPSA) is 237 Å². The van der Waals surface area contributed by atoms with Gasteiger partial charge in [-0.3, -0.25) is 4.79 Å². The van der Waals surface area contributed by atoms with Gasteiger partial charge in [-0.05, 0) is 45.4 Å². The van der Waals surface area contributed by atoms with E-state index in [9.17, 15) is 40.5 Å². The summed E-state index contributed by atoms with van der Waals surface area (Å²) in [5.41, 5.74) is -4.43. The van der Waals surface area contributed by atoms with Gasteiger partial charge in [0, 0.05) is 44.3 Å². The molecular formula is C39H52NO16+. The van der Waals surface area contributed by atoms with Gasteiger partial charge in [0.25, 0.3) is 0 Å². The molecule has 17 nitrogen and oxygen atoms in total. The van der Waals surface area contributed by atoms with Crippen LogP contribution in [0.25, 0.3) is 21.5 Å². The Hall–Kier alpha value is -3.75. The number of hydrogen-bond donors (Lipinski definition) is 8. The summed E-state index contributed by atoms with van der Waals surface area (Å²) >= 11 is 0. The largest absolute Gasteiger partial charge is 0.507 e. The van der Waals surface area contributed by atoms with Crippen LogP contribution in [-0.2, 0) is 43.6 Å². The lowest BCUT2D eigenvalue weighted by Gasteiger charge is -2.52. The van der Waals surface area contributed by atoms with E-state index in [1.54, 1.807) is 34.9 Å². The minimum absolute atomic E-state index is 0.00370. The number of quaternary nitrogens is 1. The number of phenols is 4. The fourth-order valence-corrected chi connectivity index (χ4v) is 9.81. The molecule has 308 valence electrons. The van der Waals surface area contributed by atoms with Crippen LogP contribution in [0.2, 0.25) is 0 Å². The molecule has 0 unspecified atom stereocenters. The highest BCUT2D eigenvalue weighted by Gasteiger charge is 2.61. The number of ether oxygens (including phenoxy) is 8. The molecule has 3 aromatic carbocycles. The summed E-state index contributed by atoms with van der Waals surface area (Å²) in [7, 11) is 9.10. The number of esters is 1. The number of phenolic OH excluding ortho intramolecular Hbond substituents is 4. The van der Waals surface area contributed by atoms with Gasteiger partial charge in [-0.2, -0.15) is 0 Å². The van der Waals surface area contributed by atoms with Crippen molar-refractivity contribution in [2.24, 2.45) is 0 Å². The lowest BCUT2D eigenvalue weighted by molar-refractivity contribution is -0.899. The molecule has 2 fully saturated rings. The molecule has 3 heterocycles. The number of carbonyl (C=O) groups excluding carboxylic acids is 1. The van der Waals surface area contributed by atoms with Gasteiger partial charge in [0.15, 0.2) is 12.4 Å². The molecule has 2 bridgehead atoms. The van der Waals surface area contributed by atoms with Crippen molar-refractivity contribution < 1.29 is 83.3 Å². The van der Waals surface area contributed by atoms with Crippen molar-refractivity contribution >= 4 is 27.5 Å². The van der Waals surface area contributed by atoms with Gasteiger partial charge < -0.3 is 78.5 Å². The molecule has 7 rings (SSSR count). The number of nitrogens with one attached hydrogen (secondary N) is 1. The molecule has 13 atom stereocenters. The molecule has 0 amide bonds. The van der Waals surface area contributed by atoms with Crippen LogP contribution in [0.1, 0.15) is 62.8 Å². The first kappa shape index (κ1) is 40.4. The zero-order valence-electron chi connectivity index (χ0n) is 32.9.